The number of carbonyl (C=O) groups excluding carboxylic acids is 2. The highest BCUT2D eigenvalue weighted by Crippen LogP contribution is 2.70. The van der Waals surface area contributed by atoms with Crippen molar-refractivity contribution in [3.8, 4) is 0 Å². The van der Waals surface area contributed by atoms with Crippen molar-refractivity contribution in [2.45, 2.75) is 204 Å². The van der Waals surface area contributed by atoms with E-state index in [1.165, 1.54) is 13.0 Å². The molecule has 0 aromatic heterocycles. The Morgan fingerprint density at radius 2 is 1.38 bits per heavy atom. The summed E-state index contributed by atoms with van der Waals surface area (Å²) in [5.74, 6) is -0.374. The van der Waals surface area contributed by atoms with Crippen LogP contribution in [0.1, 0.15) is 112 Å². The van der Waals surface area contributed by atoms with Gasteiger partial charge >= 0.3 is 11.9 Å². The first-order valence-electron chi connectivity index (χ1n) is 21.8. The van der Waals surface area contributed by atoms with Gasteiger partial charge in [-0.1, -0.05) is 13.8 Å². The summed E-state index contributed by atoms with van der Waals surface area (Å²) in [6, 6.07) is 0. The van der Waals surface area contributed by atoms with Crippen molar-refractivity contribution in [2.75, 3.05) is 6.61 Å². The highest BCUT2D eigenvalue weighted by Gasteiger charge is 2.70. The van der Waals surface area contributed by atoms with Crippen LogP contribution in [0.5, 0.6) is 0 Å². The van der Waals surface area contributed by atoms with Gasteiger partial charge in [0, 0.05) is 50.0 Å². The van der Waals surface area contributed by atoms with Crippen molar-refractivity contribution >= 4 is 11.9 Å². The van der Waals surface area contributed by atoms with E-state index in [2.05, 4.69) is 13.8 Å². The third-order valence-corrected chi connectivity index (χ3v) is 16.1. The average Bonchev–Trinajstić information content (AvgIpc) is 3.65. The molecule has 58 heavy (non-hydrogen) atoms. The second-order valence-corrected chi connectivity index (χ2v) is 19.5. The third-order valence-electron chi connectivity index (χ3n) is 16.1. The van der Waals surface area contributed by atoms with E-state index < -0.39 is 96.9 Å². The summed E-state index contributed by atoms with van der Waals surface area (Å²) in [6.45, 7) is 11.2. The maximum atomic E-state index is 12.6. The molecule has 8 aliphatic rings. The molecular weight excluding hydrogens is 756 g/mol. The fraction of sp³-hybridized carbons (Fsp3) is 0.907. The SMILES string of the molecule is CC(=O)O[C@H]1C[C@H](O[C@H]2[C@@H](O)C[C@H](O[C@H]3[C@@H](O)C[C@H](O[C@H]4CC[C@@]5(C)[C@H](CC[C@H]6[C@@H]5CC[C@]5(C)[C@@H](C7=CC(=O)OC7)[C@@H](O)C[C@]65O)C4)O[C@@H]3C)O[C@@H]2C)O[C@H](C)[C@H]1O. The Kier molecular flexibility index (Phi) is 12.0. The van der Waals surface area contributed by atoms with E-state index in [4.69, 9.17) is 37.9 Å². The highest BCUT2D eigenvalue weighted by atomic mass is 16.7. The fourth-order valence-electron chi connectivity index (χ4n) is 13.2. The van der Waals surface area contributed by atoms with Gasteiger partial charge in [0.1, 0.15) is 31.0 Å². The van der Waals surface area contributed by atoms with Gasteiger partial charge in [-0.3, -0.25) is 4.79 Å². The molecule has 0 aromatic carbocycles. The van der Waals surface area contributed by atoms with Crippen LogP contribution in [-0.4, -0.2) is 136 Å². The number of hydrogen-bond acceptors (Lipinski definition) is 15. The Hall–Kier alpha value is -1.76. The molecule has 0 aromatic rings. The van der Waals surface area contributed by atoms with Crippen molar-refractivity contribution in [3.05, 3.63) is 11.6 Å². The first-order valence-corrected chi connectivity index (χ1v) is 21.8. The zero-order valence-corrected chi connectivity index (χ0v) is 34.8. The lowest BCUT2D eigenvalue weighted by atomic mass is 9.43. The fourth-order valence-corrected chi connectivity index (χ4v) is 13.2. The quantitative estimate of drug-likeness (QED) is 0.176. The number of fused-ring (bicyclic) bond motifs is 5. The van der Waals surface area contributed by atoms with Gasteiger partial charge in [0.05, 0.1) is 48.3 Å². The number of carbonyl (C=O) groups is 2. The minimum Gasteiger partial charge on any atom is -0.459 e. The predicted molar refractivity (Wildman–Crippen MR) is 202 cm³/mol. The average molecular weight is 823 g/mol. The summed E-state index contributed by atoms with van der Waals surface area (Å²) in [7, 11) is 0. The zero-order valence-electron chi connectivity index (χ0n) is 34.8. The summed E-state index contributed by atoms with van der Waals surface area (Å²) in [6.07, 6.45) is -1.40. The van der Waals surface area contributed by atoms with Gasteiger partial charge in [0.15, 0.2) is 18.9 Å². The number of aliphatic hydroxyl groups excluding tert-OH is 4. The Morgan fingerprint density at radius 3 is 1.98 bits per heavy atom. The van der Waals surface area contributed by atoms with Crippen LogP contribution < -0.4 is 0 Å². The Balaban J connectivity index is 0.825. The van der Waals surface area contributed by atoms with E-state index in [1.54, 1.807) is 13.8 Å². The summed E-state index contributed by atoms with van der Waals surface area (Å²) in [4.78, 5) is 23.5. The summed E-state index contributed by atoms with van der Waals surface area (Å²) in [5.41, 5.74) is -0.712. The topological polar surface area (TPSA) is 209 Å². The molecule has 15 heteroatoms. The first-order chi connectivity index (χ1) is 27.4. The molecule has 3 saturated heterocycles. The minimum absolute atomic E-state index is 0.0240. The number of rotatable bonds is 8. The second kappa shape index (κ2) is 16.2. The Morgan fingerprint density at radius 1 is 0.759 bits per heavy atom. The molecule has 21 atom stereocenters. The lowest BCUT2D eigenvalue weighted by Gasteiger charge is -2.63. The van der Waals surface area contributed by atoms with E-state index in [0.29, 0.717) is 18.3 Å². The molecule has 15 nitrogen and oxygen atoms in total. The van der Waals surface area contributed by atoms with Gasteiger partial charge in [0.2, 0.25) is 0 Å². The van der Waals surface area contributed by atoms with Crippen molar-refractivity contribution in [3.63, 3.8) is 0 Å². The van der Waals surface area contributed by atoms with Crippen molar-refractivity contribution in [1.82, 2.24) is 0 Å². The largest absolute Gasteiger partial charge is 0.459 e. The van der Waals surface area contributed by atoms with Crippen LogP contribution in [-0.2, 0) is 47.5 Å². The molecule has 0 radical (unpaired) electrons. The van der Waals surface area contributed by atoms with Gasteiger partial charge in [-0.25, -0.2) is 4.79 Å². The smallest absolute Gasteiger partial charge is 0.331 e. The van der Waals surface area contributed by atoms with Crippen LogP contribution in [0.2, 0.25) is 0 Å². The van der Waals surface area contributed by atoms with E-state index >= 15 is 0 Å². The van der Waals surface area contributed by atoms with Crippen LogP contribution in [0.4, 0.5) is 0 Å². The van der Waals surface area contributed by atoms with Crippen LogP contribution in [0.3, 0.4) is 0 Å². The molecule has 0 spiro atoms. The monoisotopic (exact) mass is 822 g/mol. The molecule has 4 aliphatic carbocycles. The molecule has 7 fully saturated rings. The van der Waals surface area contributed by atoms with E-state index in [9.17, 15) is 35.1 Å². The van der Waals surface area contributed by atoms with Crippen LogP contribution >= 0.6 is 0 Å². The Bertz CT molecular complexity index is 1530. The normalized spacial score (nSPS) is 53.2. The number of ether oxygens (including phenoxy) is 8. The lowest BCUT2D eigenvalue weighted by Crippen LogP contribution is -2.62. The molecular formula is C43H66O15. The molecule has 328 valence electrons. The van der Waals surface area contributed by atoms with E-state index in [-0.39, 0.29) is 55.2 Å². The first kappa shape index (κ1) is 42.9. The second-order valence-electron chi connectivity index (χ2n) is 19.5. The number of esters is 2. The number of hydrogen-bond donors (Lipinski definition) is 5. The molecule has 8 rings (SSSR count). The molecule has 4 heterocycles. The van der Waals surface area contributed by atoms with Gasteiger partial charge in [-0.15, -0.1) is 0 Å². The summed E-state index contributed by atoms with van der Waals surface area (Å²) < 4.78 is 47.7. The van der Waals surface area contributed by atoms with Crippen LogP contribution in [0.25, 0.3) is 0 Å². The molecule has 4 saturated carbocycles. The number of cyclic esters (lactones) is 1. The molecule has 5 N–H and O–H groups in total. The van der Waals surface area contributed by atoms with E-state index in [0.717, 1.165) is 50.5 Å². The highest BCUT2D eigenvalue weighted by molar-refractivity contribution is 5.85. The number of aliphatic hydroxyl groups is 5. The Labute approximate surface area is 341 Å². The maximum absolute atomic E-state index is 12.6. The lowest BCUT2D eigenvalue weighted by molar-refractivity contribution is -0.336. The molecule has 0 unspecified atom stereocenters. The summed E-state index contributed by atoms with van der Waals surface area (Å²) in [5, 5.41) is 56.8. The molecule has 0 amide bonds. The van der Waals surface area contributed by atoms with Crippen LogP contribution in [0, 0.1) is 34.5 Å². The van der Waals surface area contributed by atoms with Crippen molar-refractivity contribution in [2.24, 2.45) is 34.5 Å². The zero-order chi connectivity index (χ0) is 41.5. The van der Waals surface area contributed by atoms with E-state index in [1.807, 2.05) is 6.92 Å². The minimum atomic E-state index is -1.02. The summed E-state index contributed by atoms with van der Waals surface area (Å²) >= 11 is 0. The van der Waals surface area contributed by atoms with Crippen molar-refractivity contribution in [1.29, 1.82) is 0 Å². The van der Waals surface area contributed by atoms with Gasteiger partial charge in [-0.05, 0) is 94.5 Å². The van der Waals surface area contributed by atoms with Crippen LogP contribution in [0.15, 0.2) is 11.6 Å². The molecule has 0 bridgehead atoms. The van der Waals surface area contributed by atoms with Gasteiger partial charge in [0.25, 0.3) is 0 Å². The molecule has 4 aliphatic heterocycles. The van der Waals surface area contributed by atoms with Gasteiger partial charge < -0.3 is 63.4 Å². The van der Waals surface area contributed by atoms with Gasteiger partial charge in [-0.2, -0.15) is 0 Å². The van der Waals surface area contributed by atoms with Crippen molar-refractivity contribution < 1.29 is 73.0 Å². The maximum Gasteiger partial charge on any atom is 0.331 e. The third kappa shape index (κ3) is 7.60. The predicted octanol–water partition coefficient (Wildman–Crippen LogP) is 2.79. The standard InChI is InChI=1S/C43H66O15/c1-20-38(49)32(55-23(4)44)17-36(52-20)58-40-22(3)54-35(16-30(40)46)57-39-21(2)53-34(15-29(39)45)56-26-9-11-41(5)25(14-26)7-8-28-27(41)10-12-42(6)37(24-13-33(48)51-19-24)31(47)18-43(28,42)50/h13,20-22,25-32,34-40,45-47,49-50H,7-12,14-19H2,1-6H3/t20-,21-,22-,25-,26+,27+,28+,29+,30+,31+,32+,34+,35+,36+,37+,38-,39-,40-,41+,42-,43+/m1/s1.